The molecular formula is C18H25N3O3. The van der Waals surface area contributed by atoms with E-state index < -0.39 is 0 Å². The van der Waals surface area contributed by atoms with E-state index in [0.29, 0.717) is 12.8 Å². The van der Waals surface area contributed by atoms with Crippen LogP contribution in [0.15, 0.2) is 23.2 Å². The lowest BCUT2D eigenvalue weighted by atomic mass is 9.74. The largest absolute Gasteiger partial charge is 0.454 e. The third-order valence-corrected chi connectivity index (χ3v) is 5.17. The van der Waals surface area contributed by atoms with Gasteiger partial charge in [0.1, 0.15) is 0 Å². The highest BCUT2D eigenvalue weighted by Gasteiger charge is 2.36. The van der Waals surface area contributed by atoms with E-state index >= 15 is 0 Å². The Morgan fingerprint density at radius 2 is 2.00 bits per heavy atom. The second-order valence-electron chi connectivity index (χ2n) is 6.81. The Balaban J connectivity index is 1.53. The van der Waals surface area contributed by atoms with E-state index in [0.717, 1.165) is 50.1 Å². The van der Waals surface area contributed by atoms with Crippen LogP contribution >= 0.6 is 0 Å². The van der Waals surface area contributed by atoms with Crippen LogP contribution in [0.3, 0.4) is 0 Å². The number of rotatable bonds is 4. The SMILES string of the molecule is CN=C(NCC1(c2ccc3c(c2)OCO3)CCOCC1)NC1CC1. The predicted octanol–water partition coefficient (Wildman–Crippen LogP) is 1.79. The van der Waals surface area contributed by atoms with Crippen LogP contribution in [0, 0.1) is 0 Å². The smallest absolute Gasteiger partial charge is 0.231 e. The molecule has 1 aliphatic carbocycles. The molecule has 2 N–H and O–H groups in total. The van der Waals surface area contributed by atoms with Gasteiger partial charge in [-0.15, -0.1) is 0 Å². The molecule has 1 aromatic carbocycles. The lowest BCUT2D eigenvalue weighted by Gasteiger charge is -2.38. The summed E-state index contributed by atoms with van der Waals surface area (Å²) in [6.45, 7) is 2.71. The lowest BCUT2D eigenvalue weighted by Crippen LogP contribution is -2.48. The van der Waals surface area contributed by atoms with Crippen molar-refractivity contribution in [2.75, 3.05) is 33.6 Å². The molecule has 2 fully saturated rings. The number of aliphatic imine (C=N–C) groups is 1. The topological polar surface area (TPSA) is 64.1 Å². The van der Waals surface area contributed by atoms with Gasteiger partial charge in [0.05, 0.1) is 0 Å². The summed E-state index contributed by atoms with van der Waals surface area (Å²) < 4.78 is 16.6. The van der Waals surface area contributed by atoms with Gasteiger partial charge in [0.2, 0.25) is 6.79 Å². The van der Waals surface area contributed by atoms with Crippen molar-refractivity contribution in [3.05, 3.63) is 23.8 Å². The van der Waals surface area contributed by atoms with E-state index in [1.165, 1.54) is 18.4 Å². The van der Waals surface area contributed by atoms with E-state index in [4.69, 9.17) is 14.2 Å². The van der Waals surface area contributed by atoms with E-state index in [2.05, 4.69) is 27.8 Å². The molecule has 0 aromatic heterocycles. The Kier molecular flexibility index (Phi) is 4.22. The fourth-order valence-corrected chi connectivity index (χ4v) is 3.42. The van der Waals surface area contributed by atoms with Gasteiger partial charge in [-0.25, -0.2) is 0 Å². The maximum absolute atomic E-state index is 5.62. The van der Waals surface area contributed by atoms with Gasteiger partial charge in [-0.2, -0.15) is 0 Å². The molecule has 0 spiro atoms. The maximum Gasteiger partial charge on any atom is 0.231 e. The summed E-state index contributed by atoms with van der Waals surface area (Å²) in [6.07, 6.45) is 4.45. The number of nitrogens with one attached hydrogen (secondary N) is 2. The van der Waals surface area contributed by atoms with E-state index in [1.807, 2.05) is 13.1 Å². The molecule has 2 aliphatic heterocycles. The zero-order chi connectivity index (χ0) is 16.4. The highest BCUT2D eigenvalue weighted by atomic mass is 16.7. The summed E-state index contributed by atoms with van der Waals surface area (Å²) >= 11 is 0. The van der Waals surface area contributed by atoms with Crippen molar-refractivity contribution in [2.45, 2.75) is 37.1 Å². The summed E-state index contributed by atoms with van der Waals surface area (Å²) in [6, 6.07) is 6.91. The standard InChI is InChI=1S/C18H25N3O3/c1-19-17(21-14-3-4-14)20-11-18(6-8-22-9-7-18)13-2-5-15-16(10-13)24-12-23-15/h2,5,10,14H,3-4,6-9,11-12H2,1H3,(H2,19,20,21). The van der Waals surface area contributed by atoms with Crippen LogP contribution in [0.1, 0.15) is 31.2 Å². The van der Waals surface area contributed by atoms with E-state index in [-0.39, 0.29) is 5.41 Å². The van der Waals surface area contributed by atoms with Gasteiger partial charge in [0.25, 0.3) is 0 Å². The second kappa shape index (κ2) is 6.51. The summed E-state index contributed by atoms with van der Waals surface area (Å²) in [5.74, 6) is 2.57. The Morgan fingerprint density at radius 1 is 1.21 bits per heavy atom. The zero-order valence-electron chi connectivity index (χ0n) is 14.1. The molecule has 0 bridgehead atoms. The maximum atomic E-state index is 5.62. The van der Waals surface area contributed by atoms with Gasteiger partial charge < -0.3 is 24.8 Å². The summed E-state index contributed by atoms with van der Waals surface area (Å²) in [4.78, 5) is 4.35. The predicted molar refractivity (Wildman–Crippen MR) is 91.8 cm³/mol. The van der Waals surface area contributed by atoms with Crippen molar-refractivity contribution in [1.29, 1.82) is 0 Å². The molecule has 0 radical (unpaired) electrons. The molecule has 2 heterocycles. The molecular weight excluding hydrogens is 306 g/mol. The Bertz CT molecular complexity index is 622. The Morgan fingerprint density at radius 3 is 2.75 bits per heavy atom. The first-order chi connectivity index (χ1) is 11.8. The van der Waals surface area contributed by atoms with Crippen molar-refractivity contribution in [3.63, 3.8) is 0 Å². The molecule has 4 rings (SSSR count). The minimum Gasteiger partial charge on any atom is -0.454 e. The van der Waals surface area contributed by atoms with Crippen LogP contribution in [0.5, 0.6) is 11.5 Å². The molecule has 24 heavy (non-hydrogen) atoms. The number of hydrogen-bond donors (Lipinski definition) is 2. The fourth-order valence-electron chi connectivity index (χ4n) is 3.42. The molecule has 0 atom stereocenters. The van der Waals surface area contributed by atoms with Gasteiger partial charge in [-0.1, -0.05) is 6.07 Å². The molecule has 0 amide bonds. The van der Waals surface area contributed by atoms with Crippen LogP contribution in [0.25, 0.3) is 0 Å². The molecule has 130 valence electrons. The average Bonchev–Trinajstić information content (AvgIpc) is 3.32. The second-order valence-corrected chi connectivity index (χ2v) is 6.81. The zero-order valence-corrected chi connectivity index (χ0v) is 14.1. The highest BCUT2D eigenvalue weighted by molar-refractivity contribution is 5.80. The van der Waals surface area contributed by atoms with Crippen LogP contribution < -0.4 is 20.1 Å². The summed E-state index contributed by atoms with van der Waals surface area (Å²) in [5.41, 5.74) is 1.31. The lowest BCUT2D eigenvalue weighted by molar-refractivity contribution is 0.0513. The number of ether oxygens (including phenoxy) is 3. The summed E-state index contributed by atoms with van der Waals surface area (Å²) in [7, 11) is 1.83. The van der Waals surface area contributed by atoms with E-state index in [1.54, 1.807) is 0 Å². The molecule has 3 aliphatic rings. The van der Waals surface area contributed by atoms with Gasteiger partial charge >= 0.3 is 0 Å². The first kappa shape index (κ1) is 15.6. The van der Waals surface area contributed by atoms with Gasteiger partial charge in [0, 0.05) is 38.3 Å². The van der Waals surface area contributed by atoms with Crippen molar-refractivity contribution in [3.8, 4) is 11.5 Å². The normalized spacial score (nSPS) is 22.3. The number of benzene rings is 1. The van der Waals surface area contributed by atoms with Crippen molar-refractivity contribution in [1.82, 2.24) is 10.6 Å². The first-order valence-electron chi connectivity index (χ1n) is 8.74. The Labute approximate surface area is 142 Å². The molecule has 0 unspecified atom stereocenters. The minimum atomic E-state index is 0.0282. The molecule has 1 aromatic rings. The monoisotopic (exact) mass is 331 g/mol. The van der Waals surface area contributed by atoms with Crippen molar-refractivity contribution < 1.29 is 14.2 Å². The molecule has 1 saturated heterocycles. The average molecular weight is 331 g/mol. The van der Waals surface area contributed by atoms with Gasteiger partial charge in [0.15, 0.2) is 17.5 Å². The number of nitrogens with zero attached hydrogens (tertiary/aromatic N) is 1. The molecule has 1 saturated carbocycles. The van der Waals surface area contributed by atoms with Gasteiger partial charge in [-0.3, -0.25) is 4.99 Å². The molecule has 6 nitrogen and oxygen atoms in total. The van der Waals surface area contributed by atoms with Crippen LogP contribution in [-0.4, -0.2) is 45.6 Å². The van der Waals surface area contributed by atoms with Crippen LogP contribution in [0.2, 0.25) is 0 Å². The van der Waals surface area contributed by atoms with E-state index in [9.17, 15) is 0 Å². The minimum absolute atomic E-state index is 0.0282. The quantitative estimate of drug-likeness (QED) is 0.650. The highest BCUT2D eigenvalue weighted by Crippen LogP contribution is 2.40. The number of guanidine groups is 1. The third kappa shape index (κ3) is 3.15. The van der Waals surface area contributed by atoms with Crippen LogP contribution in [0.4, 0.5) is 0 Å². The number of hydrogen-bond acceptors (Lipinski definition) is 4. The van der Waals surface area contributed by atoms with Crippen LogP contribution in [-0.2, 0) is 10.2 Å². The van der Waals surface area contributed by atoms with Crippen molar-refractivity contribution in [2.24, 2.45) is 4.99 Å². The molecule has 6 heteroatoms. The van der Waals surface area contributed by atoms with Gasteiger partial charge in [-0.05, 0) is 43.4 Å². The first-order valence-corrected chi connectivity index (χ1v) is 8.74. The Hall–Kier alpha value is -1.95. The fraction of sp³-hybridized carbons (Fsp3) is 0.611. The number of fused-ring (bicyclic) bond motifs is 1. The third-order valence-electron chi connectivity index (χ3n) is 5.17. The van der Waals surface area contributed by atoms with Crippen molar-refractivity contribution >= 4 is 5.96 Å². The summed E-state index contributed by atoms with van der Waals surface area (Å²) in [5, 5.41) is 6.98.